The third-order valence-corrected chi connectivity index (χ3v) is 3.00. The first kappa shape index (κ1) is 10.5. The van der Waals surface area contributed by atoms with E-state index in [2.05, 4.69) is 18.8 Å². The molecule has 2 N–H and O–H groups in total. The van der Waals surface area contributed by atoms with Gasteiger partial charge in [-0.1, -0.05) is 0 Å². The van der Waals surface area contributed by atoms with Crippen molar-refractivity contribution in [1.29, 1.82) is 0 Å². The molecule has 1 unspecified atom stereocenters. The highest BCUT2D eigenvalue weighted by Crippen LogP contribution is 2.26. The Hall–Kier alpha value is -1.03. The molecule has 2 rings (SSSR count). The number of anilines is 1. The van der Waals surface area contributed by atoms with E-state index in [4.69, 9.17) is 10.5 Å². The van der Waals surface area contributed by atoms with Crippen molar-refractivity contribution in [2.45, 2.75) is 45.4 Å². The Morgan fingerprint density at radius 3 is 2.67 bits per heavy atom. The van der Waals surface area contributed by atoms with Crippen LogP contribution < -0.4 is 5.73 Å². The molecule has 3 atom stereocenters. The lowest BCUT2D eigenvalue weighted by Gasteiger charge is -2.32. The Morgan fingerprint density at radius 2 is 2.13 bits per heavy atom. The molecule has 0 aromatic carbocycles. The van der Waals surface area contributed by atoms with Crippen LogP contribution in [-0.2, 0) is 11.3 Å². The molecular formula is C11H19N3O. The van der Waals surface area contributed by atoms with E-state index in [1.807, 2.05) is 10.8 Å². The molecule has 1 aliphatic rings. The average molecular weight is 209 g/mol. The third kappa shape index (κ3) is 2.50. The van der Waals surface area contributed by atoms with Gasteiger partial charge >= 0.3 is 0 Å². The molecule has 0 saturated carbocycles. The van der Waals surface area contributed by atoms with Crippen LogP contribution in [0, 0.1) is 5.92 Å². The Kier molecular flexibility index (Phi) is 2.95. The normalized spacial score (nSPS) is 31.7. The summed E-state index contributed by atoms with van der Waals surface area (Å²) in [4.78, 5) is 4.03. The molecule has 0 aliphatic carbocycles. The summed E-state index contributed by atoms with van der Waals surface area (Å²) in [5.41, 5.74) is 5.75. The molecule has 0 amide bonds. The summed E-state index contributed by atoms with van der Waals surface area (Å²) in [7, 11) is 0. The zero-order valence-electron chi connectivity index (χ0n) is 9.39. The summed E-state index contributed by atoms with van der Waals surface area (Å²) >= 11 is 0. The quantitative estimate of drug-likeness (QED) is 0.806. The number of rotatable bonds is 2. The standard InChI is InChI=1S/C11H19N3O/c1-8-5-10(6-9(2)15-8)7-14-4-3-13-11(14)12/h3-4,8-10H,5-7H2,1-2H3,(H2,12,13)/t8-,9+,10?. The van der Waals surface area contributed by atoms with Gasteiger partial charge in [0.25, 0.3) is 0 Å². The van der Waals surface area contributed by atoms with Crippen molar-refractivity contribution in [2.24, 2.45) is 5.92 Å². The molecule has 84 valence electrons. The van der Waals surface area contributed by atoms with Gasteiger partial charge in [-0.2, -0.15) is 0 Å². The maximum Gasteiger partial charge on any atom is 0.200 e. The van der Waals surface area contributed by atoms with Gasteiger partial charge in [0.15, 0.2) is 5.95 Å². The van der Waals surface area contributed by atoms with Crippen molar-refractivity contribution in [2.75, 3.05) is 5.73 Å². The zero-order chi connectivity index (χ0) is 10.8. The van der Waals surface area contributed by atoms with Crippen molar-refractivity contribution in [3.05, 3.63) is 12.4 Å². The molecule has 1 aliphatic heterocycles. The van der Waals surface area contributed by atoms with E-state index in [0.29, 0.717) is 24.1 Å². The van der Waals surface area contributed by atoms with Gasteiger partial charge in [-0.15, -0.1) is 0 Å². The van der Waals surface area contributed by atoms with Gasteiger partial charge in [0.05, 0.1) is 12.2 Å². The van der Waals surface area contributed by atoms with Gasteiger partial charge in [-0.3, -0.25) is 0 Å². The monoisotopic (exact) mass is 209 g/mol. The van der Waals surface area contributed by atoms with Crippen molar-refractivity contribution in [3.63, 3.8) is 0 Å². The van der Waals surface area contributed by atoms with E-state index in [0.717, 1.165) is 19.4 Å². The van der Waals surface area contributed by atoms with E-state index in [1.54, 1.807) is 6.20 Å². The van der Waals surface area contributed by atoms with Crippen molar-refractivity contribution in [1.82, 2.24) is 9.55 Å². The molecule has 1 aromatic heterocycles. The van der Waals surface area contributed by atoms with Crippen LogP contribution in [0.4, 0.5) is 5.95 Å². The summed E-state index contributed by atoms with van der Waals surface area (Å²) in [6.45, 7) is 5.24. The molecule has 0 radical (unpaired) electrons. The summed E-state index contributed by atoms with van der Waals surface area (Å²) in [5, 5.41) is 0. The van der Waals surface area contributed by atoms with Crippen LogP contribution in [-0.4, -0.2) is 21.8 Å². The molecule has 1 saturated heterocycles. The van der Waals surface area contributed by atoms with Crippen molar-refractivity contribution < 1.29 is 4.74 Å². The van der Waals surface area contributed by atoms with E-state index in [1.165, 1.54) is 0 Å². The fraction of sp³-hybridized carbons (Fsp3) is 0.727. The van der Waals surface area contributed by atoms with E-state index in [9.17, 15) is 0 Å². The Bertz CT molecular complexity index is 313. The van der Waals surface area contributed by atoms with E-state index in [-0.39, 0.29) is 0 Å². The molecule has 1 fully saturated rings. The third-order valence-electron chi connectivity index (χ3n) is 3.00. The van der Waals surface area contributed by atoms with E-state index >= 15 is 0 Å². The summed E-state index contributed by atoms with van der Waals surface area (Å²) in [5.74, 6) is 1.27. The number of nitrogens with two attached hydrogens (primary N) is 1. The number of hydrogen-bond acceptors (Lipinski definition) is 3. The van der Waals surface area contributed by atoms with Crippen LogP contribution in [0.5, 0.6) is 0 Å². The second kappa shape index (κ2) is 4.23. The molecule has 0 spiro atoms. The largest absolute Gasteiger partial charge is 0.376 e. The molecule has 4 heteroatoms. The van der Waals surface area contributed by atoms with Crippen LogP contribution in [0.25, 0.3) is 0 Å². The van der Waals surface area contributed by atoms with Crippen LogP contribution in [0.15, 0.2) is 12.4 Å². The first-order chi connectivity index (χ1) is 7.15. The predicted octanol–water partition coefficient (Wildman–Crippen LogP) is 1.67. The number of nitrogens with zero attached hydrogens (tertiary/aromatic N) is 2. The summed E-state index contributed by atoms with van der Waals surface area (Å²) in [6, 6.07) is 0. The minimum Gasteiger partial charge on any atom is -0.376 e. The fourth-order valence-corrected chi connectivity index (χ4v) is 2.47. The highest BCUT2D eigenvalue weighted by atomic mass is 16.5. The van der Waals surface area contributed by atoms with E-state index < -0.39 is 0 Å². The van der Waals surface area contributed by atoms with Crippen molar-refractivity contribution >= 4 is 5.95 Å². The molecule has 1 aromatic rings. The Balaban J connectivity index is 1.97. The second-order valence-electron chi connectivity index (χ2n) is 4.53. The zero-order valence-corrected chi connectivity index (χ0v) is 9.39. The van der Waals surface area contributed by atoms with Gasteiger partial charge in [-0.25, -0.2) is 4.98 Å². The first-order valence-corrected chi connectivity index (χ1v) is 5.57. The van der Waals surface area contributed by atoms with Crippen LogP contribution in [0.3, 0.4) is 0 Å². The first-order valence-electron chi connectivity index (χ1n) is 5.57. The Labute approximate surface area is 90.4 Å². The SMILES string of the molecule is C[C@@H]1CC(Cn2ccnc2N)C[C@H](C)O1. The van der Waals surface area contributed by atoms with Gasteiger partial charge in [0.1, 0.15) is 0 Å². The lowest BCUT2D eigenvalue weighted by molar-refractivity contribution is -0.0547. The van der Waals surface area contributed by atoms with Gasteiger partial charge < -0.3 is 15.0 Å². The highest BCUT2D eigenvalue weighted by Gasteiger charge is 2.24. The topological polar surface area (TPSA) is 53.1 Å². The Morgan fingerprint density at radius 1 is 1.47 bits per heavy atom. The maximum atomic E-state index is 5.75. The summed E-state index contributed by atoms with van der Waals surface area (Å²) < 4.78 is 7.73. The number of ether oxygens (including phenoxy) is 1. The fourth-order valence-electron chi connectivity index (χ4n) is 2.47. The molecule has 0 bridgehead atoms. The smallest absolute Gasteiger partial charge is 0.200 e. The lowest BCUT2D eigenvalue weighted by Crippen LogP contribution is -2.31. The minimum atomic E-state index is 0.364. The second-order valence-corrected chi connectivity index (χ2v) is 4.53. The summed E-state index contributed by atoms with van der Waals surface area (Å²) in [6.07, 6.45) is 6.65. The van der Waals surface area contributed by atoms with Gasteiger partial charge in [-0.05, 0) is 32.6 Å². The maximum absolute atomic E-state index is 5.75. The van der Waals surface area contributed by atoms with Gasteiger partial charge in [0, 0.05) is 18.9 Å². The minimum absolute atomic E-state index is 0.364. The number of aromatic nitrogens is 2. The lowest BCUT2D eigenvalue weighted by atomic mass is 9.92. The predicted molar refractivity (Wildman–Crippen MR) is 59.4 cm³/mol. The van der Waals surface area contributed by atoms with Crippen molar-refractivity contribution in [3.8, 4) is 0 Å². The average Bonchev–Trinajstić information content (AvgIpc) is 2.50. The number of hydrogen-bond donors (Lipinski definition) is 1. The highest BCUT2D eigenvalue weighted by molar-refractivity contribution is 5.16. The van der Waals surface area contributed by atoms with Crippen LogP contribution in [0.1, 0.15) is 26.7 Å². The molecule has 4 nitrogen and oxygen atoms in total. The molecule has 15 heavy (non-hydrogen) atoms. The van der Waals surface area contributed by atoms with Gasteiger partial charge in [0.2, 0.25) is 0 Å². The molecular weight excluding hydrogens is 190 g/mol. The number of imidazole rings is 1. The number of nitrogen functional groups attached to an aromatic ring is 1. The molecule has 2 heterocycles. The van der Waals surface area contributed by atoms with Crippen LogP contribution in [0.2, 0.25) is 0 Å². The van der Waals surface area contributed by atoms with Crippen LogP contribution >= 0.6 is 0 Å².